The molecule has 0 atom stereocenters. The number of hydrogen-bond acceptors (Lipinski definition) is 3. The van der Waals surface area contributed by atoms with Gasteiger partial charge in [-0.3, -0.25) is 4.79 Å². The molecule has 2 rings (SSSR count). The first-order valence-electron chi connectivity index (χ1n) is 7.43. The molecule has 4 nitrogen and oxygen atoms in total. The monoisotopic (exact) mass is 266 g/mol. The summed E-state index contributed by atoms with van der Waals surface area (Å²) in [5, 5.41) is 0. The van der Waals surface area contributed by atoms with Crippen molar-refractivity contribution in [3.05, 3.63) is 12.3 Å². The van der Waals surface area contributed by atoms with Gasteiger partial charge in [0.15, 0.2) is 0 Å². The molecule has 1 heterocycles. The summed E-state index contributed by atoms with van der Waals surface area (Å²) in [4.78, 5) is 16.7. The van der Waals surface area contributed by atoms with Gasteiger partial charge in [-0.1, -0.05) is 25.8 Å². The van der Waals surface area contributed by atoms with E-state index in [0.717, 1.165) is 44.7 Å². The van der Waals surface area contributed by atoms with Gasteiger partial charge in [0.25, 0.3) is 0 Å². The molecule has 0 aromatic rings. The summed E-state index contributed by atoms with van der Waals surface area (Å²) in [7, 11) is 1.69. The summed E-state index contributed by atoms with van der Waals surface area (Å²) in [6.45, 7) is 8.05. The Morgan fingerprint density at radius 2 is 1.68 bits per heavy atom. The second-order valence-corrected chi connectivity index (χ2v) is 5.65. The fourth-order valence-electron chi connectivity index (χ4n) is 3.11. The van der Waals surface area contributed by atoms with Crippen LogP contribution >= 0.6 is 0 Å². The normalized spacial score (nSPS) is 21.5. The molecule has 19 heavy (non-hydrogen) atoms. The molecule has 1 saturated heterocycles. The minimum absolute atomic E-state index is 0.294. The lowest BCUT2D eigenvalue weighted by Gasteiger charge is -2.38. The number of amides is 1. The van der Waals surface area contributed by atoms with E-state index < -0.39 is 0 Å². The molecule has 108 valence electrons. The van der Waals surface area contributed by atoms with Crippen LogP contribution in [0.2, 0.25) is 0 Å². The van der Waals surface area contributed by atoms with E-state index in [9.17, 15) is 4.79 Å². The maximum absolute atomic E-state index is 12.4. The van der Waals surface area contributed by atoms with Gasteiger partial charge in [0.2, 0.25) is 5.91 Å². The van der Waals surface area contributed by atoms with Crippen LogP contribution in [0, 0.1) is 5.92 Å². The predicted molar refractivity (Wildman–Crippen MR) is 75.7 cm³/mol. The Morgan fingerprint density at radius 1 is 1.11 bits per heavy atom. The minimum atomic E-state index is 0.294. The largest absolute Gasteiger partial charge is 0.379 e. The molecule has 1 saturated carbocycles. The fourth-order valence-corrected chi connectivity index (χ4v) is 3.11. The van der Waals surface area contributed by atoms with Crippen molar-refractivity contribution in [1.82, 2.24) is 9.80 Å². The molecule has 0 aromatic heterocycles. The Bertz CT molecular complexity index is 316. The van der Waals surface area contributed by atoms with E-state index in [1.165, 1.54) is 19.3 Å². The van der Waals surface area contributed by atoms with Gasteiger partial charge in [0.1, 0.15) is 0 Å². The van der Waals surface area contributed by atoms with Crippen molar-refractivity contribution in [1.29, 1.82) is 0 Å². The predicted octanol–water partition coefficient (Wildman–Crippen LogP) is 1.87. The Kier molecular flexibility index (Phi) is 5.25. The molecule has 1 amide bonds. The molecule has 2 aliphatic rings. The van der Waals surface area contributed by atoms with E-state index in [1.54, 1.807) is 7.11 Å². The Labute approximate surface area is 116 Å². The molecule has 2 fully saturated rings. The van der Waals surface area contributed by atoms with Crippen LogP contribution in [0.4, 0.5) is 0 Å². The minimum Gasteiger partial charge on any atom is -0.379 e. The van der Waals surface area contributed by atoms with Gasteiger partial charge in [-0.15, -0.1) is 0 Å². The van der Waals surface area contributed by atoms with Crippen molar-refractivity contribution >= 4 is 5.91 Å². The maximum atomic E-state index is 12.4. The van der Waals surface area contributed by atoms with Gasteiger partial charge in [-0.25, -0.2) is 0 Å². The molecule has 1 aliphatic carbocycles. The lowest BCUT2D eigenvalue weighted by atomic mass is 9.88. The molecule has 0 radical (unpaired) electrons. The zero-order valence-electron chi connectivity index (χ0n) is 12.1. The molecule has 1 aliphatic heterocycles. The van der Waals surface area contributed by atoms with Crippen LogP contribution in [0.3, 0.4) is 0 Å². The van der Waals surface area contributed by atoms with E-state index in [4.69, 9.17) is 4.74 Å². The third kappa shape index (κ3) is 3.72. The van der Waals surface area contributed by atoms with Gasteiger partial charge in [0, 0.05) is 44.9 Å². The summed E-state index contributed by atoms with van der Waals surface area (Å²) in [5.41, 5.74) is 1.02. The molecular formula is C15H26N2O2. The number of piperazine rings is 1. The van der Waals surface area contributed by atoms with Gasteiger partial charge >= 0.3 is 0 Å². The first-order valence-corrected chi connectivity index (χ1v) is 7.43. The number of methoxy groups -OCH3 is 1. The average molecular weight is 266 g/mol. The number of carbonyl (C=O) groups excluding carboxylic acids is 1. The highest BCUT2D eigenvalue weighted by molar-refractivity contribution is 5.79. The second kappa shape index (κ2) is 6.94. The first-order chi connectivity index (χ1) is 9.22. The molecule has 0 spiro atoms. The zero-order chi connectivity index (χ0) is 13.7. The van der Waals surface area contributed by atoms with Gasteiger partial charge in [-0.2, -0.15) is 0 Å². The van der Waals surface area contributed by atoms with Crippen molar-refractivity contribution in [3.63, 3.8) is 0 Å². The quantitative estimate of drug-likeness (QED) is 0.779. The van der Waals surface area contributed by atoms with Crippen LogP contribution in [0.25, 0.3) is 0 Å². The Morgan fingerprint density at radius 3 is 2.26 bits per heavy atom. The third-order valence-corrected chi connectivity index (χ3v) is 4.30. The third-order valence-electron chi connectivity index (χ3n) is 4.30. The van der Waals surface area contributed by atoms with Gasteiger partial charge in [0.05, 0.1) is 6.61 Å². The summed E-state index contributed by atoms with van der Waals surface area (Å²) in [6.07, 6.45) is 5.93. The lowest BCUT2D eigenvalue weighted by Crippen LogP contribution is -2.50. The smallest absolute Gasteiger partial charge is 0.225 e. The van der Waals surface area contributed by atoms with Crippen LogP contribution in [0.15, 0.2) is 12.3 Å². The van der Waals surface area contributed by atoms with Crippen molar-refractivity contribution in [2.24, 2.45) is 5.92 Å². The fraction of sp³-hybridized carbons (Fsp3) is 0.800. The average Bonchev–Trinajstić information content (AvgIpc) is 2.48. The van der Waals surface area contributed by atoms with Crippen LogP contribution in [0.5, 0.6) is 0 Å². The lowest BCUT2D eigenvalue weighted by molar-refractivity contribution is -0.138. The number of carbonyl (C=O) groups is 1. The summed E-state index contributed by atoms with van der Waals surface area (Å²) in [6, 6.07) is 0. The highest BCUT2D eigenvalue weighted by Crippen LogP contribution is 2.26. The number of ether oxygens (including phenoxy) is 1. The van der Waals surface area contributed by atoms with Crippen LogP contribution in [0.1, 0.15) is 32.1 Å². The van der Waals surface area contributed by atoms with Crippen molar-refractivity contribution in [2.45, 2.75) is 32.1 Å². The van der Waals surface area contributed by atoms with Crippen molar-refractivity contribution in [3.8, 4) is 0 Å². The molecule has 0 bridgehead atoms. The molecule has 0 N–H and O–H groups in total. The summed E-state index contributed by atoms with van der Waals surface area (Å²) >= 11 is 0. The van der Waals surface area contributed by atoms with Gasteiger partial charge < -0.3 is 14.5 Å². The van der Waals surface area contributed by atoms with E-state index in [0.29, 0.717) is 18.4 Å². The molecule has 0 aromatic carbocycles. The van der Waals surface area contributed by atoms with Crippen LogP contribution in [-0.4, -0.2) is 55.6 Å². The SMILES string of the molecule is C=C(COC)N1CCN(C(=O)C2CCCCC2)CC1. The summed E-state index contributed by atoms with van der Waals surface area (Å²) < 4.78 is 5.10. The van der Waals surface area contributed by atoms with Gasteiger partial charge in [-0.05, 0) is 12.8 Å². The summed E-state index contributed by atoms with van der Waals surface area (Å²) in [5.74, 6) is 0.680. The van der Waals surface area contributed by atoms with Crippen LogP contribution in [-0.2, 0) is 9.53 Å². The van der Waals surface area contributed by atoms with E-state index >= 15 is 0 Å². The number of rotatable bonds is 4. The standard InChI is InChI=1S/C15H26N2O2/c1-13(12-19-2)16-8-10-17(11-9-16)15(18)14-6-4-3-5-7-14/h14H,1,3-12H2,2H3. The Hall–Kier alpha value is -1.03. The molecule has 4 heteroatoms. The van der Waals surface area contributed by atoms with E-state index in [2.05, 4.69) is 11.5 Å². The zero-order valence-corrected chi connectivity index (χ0v) is 12.1. The van der Waals surface area contributed by atoms with E-state index in [-0.39, 0.29) is 0 Å². The maximum Gasteiger partial charge on any atom is 0.225 e. The van der Waals surface area contributed by atoms with Crippen molar-refractivity contribution < 1.29 is 9.53 Å². The topological polar surface area (TPSA) is 32.8 Å². The van der Waals surface area contributed by atoms with Crippen LogP contribution < -0.4 is 0 Å². The van der Waals surface area contributed by atoms with Crippen molar-refractivity contribution in [2.75, 3.05) is 39.9 Å². The second-order valence-electron chi connectivity index (χ2n) is 5.65. The number of nitrogens with zero attached hydrogens (tertiary/aromatic N) is 2. The number of hydrogen-bond donors (Lipinski definition) is 0. The molecule has 0 unspecified atom stereocenters. The first kappa shape index (κ1) is 14.4. The van der Waals surface area contributed by atoms with E-state index in [1.807, 2.05) is 4.90 Å². The Balaban J connectivity index is 1.79. The highest BCUT2D eigenvalue weighted by atomic mass is 16.5. The molecular weight excluding hydrogens is 240 g/mol. The highest BCUT2D eigenvalue weighted by Gasteiger charge is 2.28.